The molecule has 0 saturated carbocycles. The number of aryl methyl sites for hydroxylation is 1. The molecule has 0 amide bonds. The molecule has 1 atom stereocenters. The van der Waals surface area contributed by atoms with E-state index in [9.17, 15) is 20.3 Å². The number of ether oxygens (including phenoxy) is 2. The van der Waals surface area contributed by atoms with Crippen molar-refractivity contribution in [3.8, 4) is 28.7 Å². The second-order valence-corrected chi connectivity index (χ2v) is 9.38. The summed E-state index contributed by atoms with van der Waals surface area (Å²) in [7, 11) is 1.65. The maximum Gasteiger partial charge on any atom is 0.336 e. The highest BCUT2D eigenvalue weighted by molar-refractivity contribution is 5.96. The number of hydrogen-bond donors (Lipinski definition) is 3. The third kappa shape index (κ3) is 6.85. The van der Waals surface area contributed by atoms with Gasteiger partial charge in [-0.25, -0.2) is 4.79 Å². The number of nitrogens with one attached hydrogen (secondary N) is 1. The Bertz CT molecular complexity index is 1260. The summed E-state index contributed by atoms with van der Waals surface area (Å²) < 4.78 is 11.1. The number of carboxylic acid groups (broad SMARTS) is 1. The van der Waals surface area contributed by atoms with Crippen LogP contribution in [0.1, 0.15) is 40.9 Å². The number of nitrogens with zero attached hydrogens (tertiary/aromatic N) is 1. The number of benzene rings is 3. The van der Waals surface area contributed by atoms with Crippen LogP contribution in [0, 0.1) is 18.3 Å². The predicted molar refractivity (Wildman–Crippen MR) is 139 cm³/mol. The molecule has 188 valence electrons. The highest BCUT2D eigenvalue weighted by Gasteiger charge is 2.20. The maximum absolute atomic E-state index is 11.6. The summed E-state index contributed by atoms with van der Waals surface area (Å²) in [5.74, 6) is 0.109. The van der Waals surface area contributed by atoms with Crippen molar-refractivity contribution in [1.82, 2.24) is 5.32 Å². The van der Waals surface area contributed by atoms with Crippen molar-refractivity contribution in [2.24, 2.45) is 0 Å². The van der Waals surface area contributed by atoms with E-state index in [-0.39, 0.29) is 17.7 Å². The van der Waals surface area contributed by atoms with Gasteiger partial charge in [0.2, 0.25) is 0 Å². The maximum atomic E-state index is 11.6. The summed E-state index contributed by atoms with van der Waals surface area (Å²) in [6.07, 6.45) is -0.0574. The molecule has 0 radical (unpaired) electrons. The topological polar surface area (TPSA) is 112 Å². The Balaban J connectivity index is 1.63. The number of β-amino-alcohol motifs (C(OH)–C–C–N with tert-alkyl or cyclic N) is 1. The van der Waals surface area contributed by atoms with Crippen LogP contribution in [0.2, 0.25) is 0 Å². The average molecular weight is 489 g/mol. The Morgan fingerprint density at radius 1 is 1.11 bits per heavy atom. The van der Waals surface area contributed by atoms with E-state index < -0.39 is 12.1 Å². The molecule has 7 nitrogen and oxygen atoms in total. The Morgan fingerprint density at radius 3 is 2.53 bits per heavy atom. The van der Waals surface area contributed by atoms with Crippen molar-refractivity contribution >= 4 is 5.97 Å². The molecular formula is C29H32N2O5. The molecule has 0 aromatic heterocycles. The smallest absolute Gasteiger partial charge is 0.336 e. The molecular weight excluding hydrogens is 456 g/mol. The number of hydrogen-bond acceptors (Lipinski definition) is 6. The number of aliphatic hydroxyl groups is 1. The minimum atomic E-state index is -1.04. The summed E-state index contributed by atoms with van der Waals surface area (Å²) in [5.41, 5.74) is 3.56. The predicted octanol–water partition coefficient (Wildman–Crippen LogP) is 4.59. The molecule has 3 N–H and O–H groups in total. The summed E-state index contributed by atoms with van der Waals surface area (Å²) >= 11 is 0. The third-order valence-electron chi connectivity index (χ3n) is 5.92. The van der Waals surface area contributed by atoms with Crippen LogP contribution in [-0.2, 0) is 6.42 Å². The van der Waals surface area contributed by atoms with Gasteiger partial charge in [0, 0.05) is 12.1 Å². The molecule has 0 aliphatic heterocycles. The lowest BCUT2D eigenvalue weighted by atomic mass is 9.93. The molecule has 7 heteroatoms. The fourth-order valence-corrected chi connectivity index (χ4v) is 4.09. The van der Waals surface area contributed by atoms with Gasteiger partial charge in [-0.15, -0.1) is 0 Å². The van der Waals surface area contributed by atoms with Crippen LogP contribution in [0.5, 0.6) is 11.5 Å². The van der Waals surface area contributed by atoms with Gasteiger partial charge in [-0.2, -0.15) is 5.26 Å². The zero-order valence-electron chi connectivity index (χ0n) is 21.0. The van der Waals surface area contributed by atoms with Crippen molar-refractivity contribution in [2.75, 3.05) is 20.3 Å². The highest BCUT2D eigenvalue weighted by atomic mass is 16.5. The number of aromatic carboxylic acids is 1. The number of carbonyl (C=O) groups is 1. The number of aliphatic hydroxyl groups excluding tert-OH is 1. The van der Waals surface area contributed by atoms with E-state index in [1.165, 1.54) is 6.07 Å². The normalized spacial score (nSPS) is 12.0. The standard InChI is InChI=1S/C29H32N2O5/c1-19-13-20(9-12-26(19)35-4)15-29(2,3)31-17-23(32)18-36-27-14-21(10-11-22(27)16-30)24-7-5-6-8-25(24)28(33)34/h5-14,23,31-32H,15,17-18H2,1-4H3,(H,33,34). The van der Waals surface area contributed by atoms with Gasteiger partial charge in [0.1, 0.15) is 30.3 Å². The van der Waals surface area contributed by atoms with E-state index in [1.54, 1.807) is 43.5 Å². The first-order chi connectivity index (χ1) is 17.1. The van der Waals surface area contributed by atoms with E-state index in [4.69, 9.17) is 9.47 Å². The number of rotatable bonds is 11. The van der Waals surface area contributed by atoms with Crippen molar-refractivity contribution in [3.05, 3.63) is 82.9 Å². The molecule has 36 heavy (non-hydrogen) atoms. The molecule has 3 aromatic carbocycles. The van der Waals surface area contributed by atoms with E-state index in [2.05, 4.69) is 31.3 Å². The Morgan fingerprint density at radius 2 is 1.86 bits per heavy atom. The van der Waals surface area contributed by atoms with E-state index in [0.29, 0.717) is 29.0 Å². The number of nitriles is 1. The van der Waals surface area contributed by atoms with Crippen LogP contribution in [-0.4, -0.2) is 48.1 Å². The number of methoxy groups -OCH3 is 1. The summed E-state index contributed by atoms with van der Waals surface area (Å²) in [5, 5.41) is 32.9. The van der Waals surface area contributed by atoms with Crippen LogP contribution in [0.25, 0.3) is 11.1 Å². The van der Waals surface area contributed by atoms with Gasteiger partial charge in [0.05, 0.1) is 18.2 Å². The molecule has 0 saturated heterocycles. The summed E-state index contributed by atoms with van der Waals surface area (Å²) in [6.45, 7) is 6.41. The zero-order valence-corrected chi connectivity index (χ0v) is 21.0. The lowest BCUT2D eigenvalue weighted by Crippen LogP contribution is -2.46. The van der Waals surface area contributed by atoms with Gasteiger partial charge in [-0.05, 0) is 73.7 Å². The first kappa shape index (κ1) is 26.7. The van der Waals surface area contributed by atoms with Crippen molar-refractivity contribution < 1.29 is 24.5 Å². The third-order valence-corrected chi connectivity index (χ3v) is 5.92. The van der Waals surface area contributed by atoms with Crippen molar-refractivity contribution in [2.45, 2.75) is 38.8 Å². The largest absolute Gasteiger partial charge is 0.496 e. The van der Waals surface area contributed by atoms with Gasteiger partial charge in [-0.1, -0.05) is 36.4 Å². The van der Waals surface area contributed by atoms with Gasteiger partial charge in [-0.3, -0.25) is 0 Å². The Hall–Kier alpha value is -3.86. The SMILES string of the molecule is COc1ccc(CC(C)(C)NCC(O)COc2cc(-c3ccccc3C(=O)O)ccc2C#N)cc1C. The summed E-state index contributed by atoms with van der Waals surface area (Å²) in [6, 6.07) is 19.7. The number of carboxylic acids is 1. The summed E-state index contributed by atoms with van der Waals surface area (Å²) in [4.78, 5) is 11.6. The minimum Gasteiger partial charge on any atom is -0.496 e. The molecule has 0 aliphatic carbocycles. The van der Waals surface area contributed by atoms with Gasteiger partial charge in [0.15, 0.2) is 0 Å². The average Bonchev–Trinajstić information content (AvgIpc) is 2.86. The molecule has 0 bridgehead atoms. The lowest BCUT2D eigenvalue weighted by Gasteiger charge is -2.28. The fraction of sp³-hybridized carbons (Fsp3) is 0.310. The Labute approximate surface area is 211 Å². The minimum absolute atomic E-state index is 0.0244. The molecule has 0 aliphatic rings. The molecule has 3 aromatic rings. The molecule has 0 fully saturated rings. The molecule has 3 rings (SSSR count). The quantitative estimate of drug-likeness (QED) is 0.362. The van der Waals surface area contributed by atoms with Crippen LogP contribution in [0.4, 0.5) is 0 Å². The first-order valence-electron chi connectivity index (χ1n) is 11.7. The van der Waals surface area contributed by atoms with E-state index >= 15 is 0 Å². The molecule has 0 heterocycles. The van der Waals surface area contributed by atoms with Gasteiger partial charge >= 0.3 is 5.97 Å². The monoisotopic (exact) mass is 488 g/mol. The van der Waals surface area contributed by atoms with Crippen LogP contribution in [0.3, 0.4) is 0 Å². The highest BCUT2D eigenvalue weighted by Crippen LogP contribution is 2.30. The van der Waals surface area contributed by atoms with Crippen LogP contribution >= 0.6 is 0 Å². The fourth-order valence-electron chi connectivity index (χ4n) is 4.09. The van der Waals surface area contributed by atoms with Gasteiger partial charge < -0.3 is 25.0 Å². The Kier molecular flexibility index (Phi) is 8.70. The second kappa shape index (κ2) is 11.7. The lowest BCUT2D eigenvalue weighted by molar-refractivity contribution is 0.0697. The molecule has 0 spiro atoms. The van der Waals surface area contributed by atoms with Crippen LogP contribution in [0.15, 0.2) is 60.7 Å². The van der Waals surface area contributed by atoms with Crippen LogP contribution < -0.4 is 14.8 Å². The zero-order chi connectivity index (χ0) is 26.3. The van der Waals surface area contributed by atoms with Crippen molar-refractivity contribution in [1.29, 1.82) is 5.26 Å². The second-order valence-electron chi connectivity index (χ2n) is 9.38. The first-order valence-corrected chi connectivity index (χ1v) is 11.7. The molecule has 1 unspecified atom stereocenters. The van der Waals surface area contributed by atoms with Crippen molar-refractivity contribution in [3.63, 3.8) is 0 Å². The van der Waals surface area contributed by atoms with Gasteiger partial charge in [0.25, 0.3) is 0 Å². The van der Waals surface area contributed by atoms with E-state index in [0.717, 1.165) is 23.3 Å². The van der Waals surface area contributed by atoms with E-state index in [1.807, 2.05) is 19.1 Å².